The molecule has 0 saturated carbocycles. The van der Waals surface area contributed by atoms with Crippen molar-refractivity contribution in [1.29, 1.82) is 0 Å². The number of carbonyl (C=O) groups is 1. The zero-order valence-electron chi connectivity index (χ0n) is 10.3. The molecule has 0 heterocycles. The third-order valence-corrected chi connectivity index (χ3v) is 2.48. The number of hydrogen-bond donors (Lipinski definition) is 1. The van der Waals surface area contributed by atoms with Gasteiger partial charge in [0.15, 0.2) is 0 Å². The maximum Gasteiger partial charge on any atom is 0.140 e. The summed E-state index contributed by atoms with van der Waals surface area (Å²) in [6.07, 6.45) is 3.04. The average Bonchev–Trinajstić information content (AvgIpc) is 2.00. The zero-order valence-corrected chi connectivity index (χ0v) is 10.3. The van der Waals surface area contributed by atoms with E-state index in [1.807, 2.05) is 34.6 Å². The highest BCUT2D eigenvalue weighted by molar-refractivity contribution is 5.85. The molecule has 0 radical (unpaired) electrons. The zero-order chi connectivity index (χ0) is 11.4. The van der Waals surface area contributed by atoms with Crippen LogP contribution in [-0.4, -0.2) is 11.8 Å². The highest BCUT2D eigenvalue weighted by Gasteiger charge is 2.25. The molecule has 0 aliphatic heterocycles. The van der Waals surface area contributed by atoms with Crippen LogP contribution in [0, 0.1) is 11.3 Å². The summed E-state index contributed by atoms with van der Waals surface area (Å²) >= 11 is 0. The first kappa shape index (κ1) is 13.6. The van der Waals surface area contributed by atoms with Crippen LogP contribution in [-0.2, 0) is 4.79 Å². The van der Waals surface area contributed by atoms with Gasteiger partial charge in [-0.05, 0) is 19.8 Å². The maximum atomic E-state index is 11.8. The molecule has 2 atom stereocenters. The van der Waals surface area contributed by atoms with Crippen molar-refractivity contribution >= 4 is 5.78 Å². The Labute approximate surface area is 88.3 Å². The Bertz CT molecular complexity index is 179. The van der Waals surface area contributed by atoms with Crippen molar-refractivity contribution in [1.82, 2.24) is 0 Å². The van der Waals surface area contributed by atoms with Crippen LogP contribution in [0.15, 0.2) is 0 Å². The maximum absolute atomic E-state index is 11.8. The van der Waals surface area contributed by atoms with Gasteiger partial charge in [-0.2, -0.15) is 0 Å². The number of nitrogens with two attached hydrogens (primary N) is 1. The lowest BCUT2D eigenvalue weighted by atomic mass is 9.82. The Morgan fingerprint density at radius 1 is 1.21 bits per heavy atom. The normalized spacial score (nSPS) is 16.4. The van der Waals surface area contributed by atoms with Gasteiger partial charge in [-0.25, -0.2) is 0 Å². The van der Waals surface area contributed by atoms with Gasteiger partial charge < -0.3 is 5.73 Å². The molecular weight excluding hydrogens is 174 g/mol. The van der Waals surface area contributed by atoms with Crippen molar-refractivity contribution in [3.8, 4) is 0 Å². The summed E-state index contributed by atoms with van der Waals surface area (Å²) in [4.78, 5) is 11.8. The van der Waals surface area contributed by atoms with E-state index in [4.69, 9.17) is 5.73 Å². The molecule has 2 nitrogen and oxygen atoms in total. The van der Waals surface area contributed by atoms with Gasteiger partial charge in [0.25, 0.3) is 0 Å². The van der Waals surface area contributed by atoms with E-state index in [0.29, 0.717) is 5.78 Å². The first-order valence-corrected chi connectivity index (χ1v) is 5.55. The third kappa shape index (κ3) is 5.38. The molecule has 2 unspecified atom stereocenters. The Morgan fingerprint density at radius 2 is 1.71 bits per heavy atom. The van der Waals surface area contributed by atoms with Gasteiger partial charge in [0.05, 0.1) is 0 Å². The van der Waals surface area contributed by atoms with Crippen molar-refractivity contribution < 1.29 is 4.79 Å². The second kappa shape index (κ2) is 5.50. The van der Waals surface area contributed by atoms with Crippen LogP contribution in [0.2, 0.25) is 0 Å². The fourth-order valence-corrected chi connectivity index (χ4v) is 1.62. The molecule has 0 aliphatic carbocycles. The van der Waals surface area contributed by atoms with Crippen molar-refractivity contribution in [2.45, 2.75) is 59.9 Å². The van der Waals surface area contributed by atoms with Crippen LogP contribution in [0.25, 0.3) is 0 Å². The Hall–Kier alpha value is -0.370. The van der Waals surface area contributed by atoms with Crippen molar-refractivity contribution in [3.05, 3.63) is 0 Å². The summed E-state index contributed by atoms with van der Waals surface area (Å²) in [7, 11) is 0. The molecule has 84 valence electrons. The molecule has 2 heteroatoms. The van der Waals surface area contributed by atoms with Crippen LogP contribution in [0.3, 0.4) is 0 Å². The Morgan fingerprint density at radius 3 is 2.07 bits per heavy atom. The molecule has 0 fully saturated rings. The van der Waals surface area contributed by atoms with E-state index in [-0.39, 0.29) is 17.4 Å². The molecule has 0 spiro atoms. The van der Waals surface area contributed by atoms with E-state index >= 15 is 0 Å². The number of hydrogen-bond acceptors (Lipinski definition) is 2. The van der Waals surface area contributed by atoms with Crippen LogP contribution in [0.1, 0.15) is 53.9 Å². The quantitative estimate of drug-likeness (QED) is 0.740. The van der Waals surface area contributed by atoms with E-state index in [1.54, 1.807) is 0 Å². The van der Waals surface area contributed by atoms with Crippen LogP contribution in [0.4, 0.5) is 0 Å². The molecule has 0 aromatic heterocycles. The van der Waals surface area contributed by atoms with Crippen molar-refractivity contribution in [2.75, 3.05) is 0 Å². The molecule has 0 aromatic rings. The number of carbonyl (C=O) groups excluding carboxylic acids is 1. The Kier molecular flexibility index (Phi) is 5.35. The van der Waals surface area contributed by atoms with E-state index in [0.717, 1.165) is 19.3 Å². The molecule has 14 heavy (non-hydrogen) atoms. The topological polar surface area (TPSA) is 43.1 Å². The summed E-state index contributed by atoms with van der Waals surface area (Å²) in [5.41, 5.74) is 5.45. The lowest BCUT2D eigenvalue weighted by Crippen LogP contribution is -2.27. The number of rotatable bonds is 5. The molecule has 0 bridgehead atoms. The van der Waals surface area contributed by atoms with Gasteiger partial charge in [0.2, 0.25) is 0 Å². The van der Waals surface area contributed by atoms with Crippen LogP contribution < -0.4 is 5.73 Å². The molecular formula is C12H25NO. The molecule has 0 aromatic carbocycles. The molecule has 0 rings (SSSR count). The fraction of sp³-hybridized carbons (Fsp3) is 0.917. The van der Waals surface area contributed by atoms with Gasteiger partial charge in [0.1, 0.15) is 5.78 Å². The van der Waals surface area contributed by atoms with Gasteiger partial charge in [-0.15, -0.1) is 0 Å². The number of ketones is 1. The van der Waals surface area contributed by atoms with Crippen LogP contribution in [0.5, 0.6) is 0 Å². The smallest absolute Gasteiger partial charge is 0.140 e. The first-order valence-electron chi connectivity index (χ1n) is 5.55. The predicted octanol–water partition coefficient (Wildman–Crippen LogP) is 2.76. The summed E-state index contributed by atoms with van der Waals surface area (Å²) in [5.74, 6) is 0.538. The molecule has 0 aliphatic rings. The summed E-state index contributed by atoms with van der Waals surface area (Å²) in [6.45, 7) is 9.98. The van der Waals surface area contributed by atoms with Crippen molar-refractivity contribution in [3.63, 3.8) is 0 Å². The largest absolute Gasteiger partial charge is 0.328 e. The third-order valence-electron chi connectivity index (χ3n) is 2.48. The van der Waals surface area contributed by atoms with E-state index in [2.05, 4.69) is 0 Å². The van der Waals surface area contributed by atoms with Gasteiger partial charge in [-0.1, -0.05) is 34.1 Å². The van der Waals surface area contributed by atoms with Gasteiger partial charge in [0, 0.05) is 17.4 Å². The second-order valence-electron chi connectivity index (χ2n) is 5.42. The molecule has 2 N–H and O–H groups in total. The average molecular weight is 199 g/mol. The summed E-state index contributed by atoms with van der Waals surface area (Å²) < 4.78 is 0. The van der Waals surface area contributed by atoms with Gasteiger partial charge in [-0.3, -0.25) is 4.79 Å². The monoisotopic (exact) mass is 199 g/mol. The molecule has 0 amide bonds. The second-order valence-corrected chi connectivity index (χ2v) is 5.42. The number of Topliss-reactive ketones (excluding diaryl/α,β-unsaturated/α-hetero) is 1. The van der Waals surface area contributed by atoms with E-state index < -0.39 is 0 Å². The minimum absolute atomic E-state index is 0.175. The van der Waals surface area contributed by atoms with E-state index in [1.165, 1.54) is 0 Å². The standard InChI is InChI=1S/C12H25NO/c1-9(7-6-8-10(2)13)11(14)12(3,4)5/h9-10H,6-8,13H2,1-5H3. The fourth-order valence-electron chi connectivity index (χ4n) is 1.62. The first-order chi connectivity index (χ1) is 6.25. The summed E-state index contributed by atoms with van der Waals surface area (Å²) in [5, 5.41) is 0. The van der Waals surface area contributed by atoms with Crippen molar-refractivity contribution in [2.24, 2.45) is 17.1 Å². The predicted molar refractivity (Wildman–Crippen MR) is 61.1 cm³/mol. The minimum Gasteiger partial charge on any atom is -0.328 e. The van der Waals surface area contributed by atoms with Crippen LogP contribution >= 0.6 is 0 Å². The highest BCUT2D eigenvalue weighted by Crippen LogP contribution is 2.23. The summed E-state index contributed by atoms with van der Waals surface area (Å²) in [6, 6.07) is 0.256. The van der Waals surface area contributed by atoms with Gasteiger partial charge >= 0.3 is 0 Å². The van der Waals surface area contributed by atoms with E-state index in [9.17, 15) is 4.79 Å². The molecule has 0 saturated heterocycles. The lowest BCUT2D eigenvalue weighted by molar-refractivity contribution is -0.130. The lowest BCUT2D eigenvalue weighted by Gasteiger charge is -2.21. The Balaban J connectivity index is 3.86. The highest BCUT2D eigenvalue weighted by atomic mass is 16.1. The minimum atomic E-state index is -0.201. The SMILES string of the molecule is CC(N)CCCC(C)C(=O)C(C)(C)C.